The Kier molecular flexibility index (Phi) is 2.05. The van der Waals surface area contributed by atoms with E-state index < -0.39 is 23.7 Å². The average molecular weight is 213 g/mol. The van der Waals surface area contributed by atoms with Gasteiger partial charge < -0.3 is 15.2 Å². The van der Waals surface area contributed by atoms with E-state index in [4.69, 9.17) is 4.74 Å². The largest absolute Gasteiger partial charge is 0.456 e. The zero-order chi connectivity index (χ0) is 11.4. The van der Waals surface area contributed by atoms with E-state index in [1.165, 1.54) is 0 Å². The van der Waals surface area contributed by atoms with E-state index in [1.807, 2.05) is 0 Å². The van der Waals surface area contributed by atoms with Crippen molar-refractivity contribution in [2.75, 3.05) is 0 Å². The third-order valence-electron chi connectivity index (χ3n) is 3.32. The SMILES string of the molecule is CC(C)[C@H](O)[C@@]12NC(=O)[C@H](C)C1OC2=O. The molecular weight excluding hydrogens is 198 g/mol. The Morgan fingerprint density at radius 3 is 2.47 bits per heavy atom. The summed E-state index contributed by atoms with van der Waals surface area (Å²) in [6.45, 7) is 5.30. The molecule has 1 amide bonds. The van der Waals surface area contributed by atoms with Gasteiger partial charge >= 0.3 is 5.97 Å². The molecule has 0 aromatic carbocycles. The molecule has 0 aromatic rings. The van der Waals surface area contributed by atoms with Crippen molar-refractivity contribution in [2.45, 2.75) is 38.5 Å². The number of rotatable bonds is 2. The summed E-state index contributed by atoms with van der Waals surface area (Å²) in [6.07, 6.45) is -1.41. The fourth-order valence-corrected chi connectivity index (χ4v) is 2.33. The van der Waals surface area contributed by atoms with Crippen LogP contribution < -0.4 is 5.32 Å². The maximum atomic E-state index is 11.5. The van der Waals surface area contributed by atoms with E-state index >= 15 is 0 Å². The molecule has 2 aliphatic heterocycles. The van der Waals surface area contributed by atoms with Crippen LogP contribution in [0.2, 0.25) is 0 Å². The number of esters is 1. The van der Waals surface area contributed by atoms with E-state index in [0.717, 1.165) is 0 Å². The summed E-state index contributed by atoms with van der Waals surface area (Å²) < 4.78 is 4.94. The van der Waals surface area contributed by atoms with Crippen molar-refractivity contribution in [1.82, 2.24) is 5.32 Å². The first kappa shape index (κ1) is 10.4. The van der Waals surface area contributed by atoms with Crippen molar-refractivity contribution in [1.29, 1.82) is 0 Å². The molecule has 0 spiro atoms. The van der Waals surface area contributed by atoms with Crippen molar-refractivity contribution in [3.8, 4) is 0 Å². The Labute approximate surface area is 87.8 Å². The summed E-state index contributed by atoms with van der Waals surface area (Å²) in [5.41, 5.74) is -1.19. The monoisotopic (exact) mass is 213 g/mol. The molecule has 2 rings (SSSR count). The highest BCUT2D eigenvalue weighted by Crippen LogP contribution is 2.42. The van der Waals surface area contributed by atoms with Gasteiger partial charge in [-0.2, -0.15) is 0 Å². The molecule has 84 valence electrons. The average Bonchev–Trinajstić information content (AvgIpc) is 2.37. The molecule has 0 aliphatic carbocycles. The standard InChI is InChI=1S/C10H15NO4/c1-4(2)6(12)10-7(15-9(10)14)5(3)8(13)11-10/h4-7,12H,1-3H3,(H,11,13)/t5-,6+,7?,10-/m1/s1. The van der Waals surface area contributed by atoms with Crippen LogP contribution in [-0.4, -0.2) is 34.7 Å². The molecule has 0 bridgehead atoms. The van der Waals surface area contributed by atoms with Crippen LogP contribution in [0.15, 0.2) is 0 Å². The normalized spacial score (nSPS) is 40.6. The van der Waals surface area contributed by atoms with E-state index in [9.17, 15) is 14.7 Å². The zero-order valence-corrected chi connectivity index (χ0v) is 8.98. The van der Waals surface area contributed by atoms with Gasteiger partial charge in [0.2, 0.25) is 11.4 Å². The van der Waals surface area contributed by atoms with Crippen molar-refractivity contribution < 1.29 is 19.4 Å². The van der Waals surface area contributed by atoms with Gasteiger partial charge in [-0.15, -0.1) is 0 Å². The summed E-state index contributed by atoms with van der Waals surface area (Å²) in [5.74, 6) is -1.24. The maximum absolute atomic E-state index is 11.5. The van der Waals surface area contributed by atoms with Crippen molar-refractivity contribution in [3.63, 3.8) is 0 Å². The summed E-state index contributed by atoms with van der Waals surface area (Å²) >= 11 is 0. The molecule has 2 fully saturated rings. The van der Waals surface area contributed by atoms with Crippen LogP contribution in [0.1, 0.15) is 20.8 Å². The highest BCUT2D eigenvalue weighted by molar-refractivity contribution is 5.99. The summed E-state index contributed by atoms with van der Waals surface area (Å²) in [5, 5.41) is 12.6. The fourth-order valence-electron chi connectivity index (χ4n) is 2.33. The number of carbonyl (C=O) groups excluding carboxylic acids is 2. The second-order valence-electron chi connectivity index (χ2n) is 4.66. The van der Waals surface area contributed by atoms with Crippen LogP contribution in [-0.2, 0) is 14.3 Å². The predicted octanol–water partition coefficient (Wildman–Crippen LogP) is -0.567. The lowest BCUT2D eigenvalue weighted by atomic mass is 9.76. The first-order chi connectivity index (χ1) is 6.91. The molecule has 1 unspecified atom stereocenters. The van der Waals surface area contributed by atoms with E-state index in [-0.39, 0.29) is 17.7 Å². The summed E-state index contributed by atoms with van der Waals surface area (Å²) in [6, 6.07) is 0. The van der Waals surface area contributed by atoms with Gasteiger partial charge in [0.1, 0.15) is 6.10 Å². The number of carbonyl (C=O) groups is 2. The van der Waals surface area contributed by atoms with Crippen molar-refractivity contribution in [2.24, 2.45) is 11.8 Å². The highest BCUT2D eigenvalue weighted by Gasteiger charge is 2.70. The van der Waals surface area contributed by atoms with Gasteiger partial charge in [0, 0.05) is 0 Å². The summed E-state index contributed by atoms with van der Waals surface area (Å²) in [7, 11) is 0. The molecule has 2 saturated heterocycles. The lowest BCUT2D eigenvalue weighted by Crippen LogP contribution is -2.73. The lowest BCUT2D eigenvalue weighted by molar-refractivity contribution is -0.206. The molecule has 0 saturated carbocycles. The zero-order valence-electron chi connectivity index (χ0n) is 8.98. The van der Waals surface area contributed by atoms with Crippen LogP contribution in [0.3, 0.4) is 0 Å². The topological polar surface area (TPSA) is 75.6 Å². The molecule has 2 aliphatic rings. The van der Waals surface area contributed by atoms with Gasteiger partial charge in [0.05, 0.1) is 12.0 Å². The van der Waals surface area contributed by atoms with Gasteiger partial charge in [0.15, 0.2) is 0 Å². The second kappa shape index (κ2) is 2.95. The first-order valence-electron chi connectivity index (χ1n) is 5.12. The van der Waals surface area contributed by atoms with Crippen molar-refractivity contribution in [3.05, 3.63) is 0 Å². The van der Waals surface area contributed by atoms with Gasteiger partial charge in [-0.1, -0.05) is 13.8 Å². The third kappa shape index (κ3) is 1.07. The fraction of sp³-hybridized carbons (Fsp3) is 0.800. The van der Waals surface area contributed by atoms with Crippen molar-refractivity contribution >= 4 is 11.9 Å². The molecule has 2 N–H and O–H groups in total. The number of nitrogens with one attached hydrogen (secondary N) is 1. The van der Waals surface area contributed by atoms with Crippen LogP contribution in [0, 0.1) is 11.8 Å². The molecule has 5 heteroatoms. The number of aliphatic hydroxyl groups is 1. The van der Waals surface area contributed by atoms with E-state index in [0.29, 0.717) is 0 Å². The smallest absolute Gasteiger partial charge is 0.338 e. The van der Waals surface area contributed by atoms with Gasteiger partial charge in [0.25, 0.3) is 0 Å². The lowest BCUT2D eigenvalue weighted by Gasteiger charge is -2.46. The quantitative estimate of drug-likeness (QED) is 0.602. The third-order valence-corrected chi connectivity index (χ3v) is 3.32. The number of fused-ring (bicyclic) bond motifs is 1. The molecule has 5 nitrogen and oxygen atoms in total. The molecule has 4 atom stereocenters. The Morgan fingerprint density at radius 1 is 1.47 bits per heavy atom. The van der Waals surface area contributed by atoms with E-state index in [1.54, 1.807) is 20.8 Å². The predicted molar refractivity (Wildman–Crippen MR) is 50.8 cm³/mol. The number of hydrogen-bond donors (Lipinski definition) is 2. The number of amides is 1. The van der Waals surface area contributed by atoms with Crippen LogP contribution in [0.25, 0.3) is 0 Å². The molecule has 15 heavy (non-hydrogen) atoms. The van der Waals surface area contributed by atoms with Crippen LogP contribution in [0.4, 0.5) is 0 Å². The number of ether oxygens (including phenoxy) is 1. The Hall–Kier alpha value is -1.10. The Balaban J connectivity index is 2.33. The molecule has 0 aromatic heterocycles. The molecule has 2 heterocycles. The molecule has 0 radical (unpaired) electrons. The van der Waals surface area contributed by atoms with Gasteiger partial charge in [-0.25, -0.2) is 4.79 Å². The van der Waals surface area contributed by atoms with E-state index in [2.05, 4.69) is 5.32 Å². The van der Waals surface area contributed by atoms with Crippen LogP contribution >= 0.6 is 0 Å². The minimum absolute atomic E-state index is 0.106. The maximum Gasteiger partial charge on any atom is 0.338 e. The number of aliphatic hydroxyl groups excluding tert-OH is 1. The van der Waals surface area contributed by atoms with Gasteiger partial charge in [-0.05, 0) is 12.8 Å². The minimum atomic E-state index is -1.19. The Morgan fingerprint density at radius 2 is 2.07 bits per heavy atom. The molecular formula is C10H15NO4. The second-order valence-corrected chi connectivity index (χ2v) is 4.66. The highest BCUT2D eigenvalue weighted by atomic mass is 16.6. The number of hydrogen-bond acceptors (Lipinski definition) is 4. The van der Waals surface area contributed by atoms with Crippen LogP contribution in [0.5, 0.6) is 0 Å². The Bertz CT molecular complexity index is 327. The first-order valence-corrected chi connectivity index (χ1v) is 5.12. The summed E-state index contributed by atoms with van der Waals surface area (Å²) in [4.78, 5) is 22.9. The minimum Gasteiger partial charge on any atom is -0.456 e. The van der Waals surface area contributed by atoms with Gasteiger partial charge in [-0.3, -0.25) is 4.79 Å².